The first-order chi connectivity index (χ1) is 17.7. The largest absolute Gasteiger partial charge is 0.396 e. The number of nitrogens with zero attached hydrogens (tertiary/aromatic N) is 7. The van der Waals surface area contributed by atoms with E-state index in [9.17, 15) is 0 Å². The van der Waals surface area contributed by atoms with Gasteiger partial charge in [-0.3, -0.25) is 0 Å². The zero-order valence-electron chi connectivity index (χ0n) is 21.2. The highest BCUT2D eigenvalue weighted by Gasteiger charge is 2.51. The van der Waals surface area contributed by atoms with E-state index in [4.69, 9.17) is 25.0 Å². The summed E-state index contributed by atoms with van der Waals surface area (Å²) in [7, 11) is 0. The first-order valence-electron chi connectivity index (χ1n) is 13.5. The lowest BCUT2D eigenvalue weighted by molar-refractivity contribution is -0.0181. The van der Waals surface area contributed by atoms with Crippen molar-refractivity contribution < 1.29 is 5.11 Å². The van der Waals surface area contributed by atoms with Crippen molar-refractivity contribution in [3.63, 3.8) is 0 Å². The van der Waals surface area contributed by atoms with Crippen molar-refractivity contribution in [2.45, 2.75) is 51.5 Å². The fraction of sp³-hybridized carbons (Fsp3) is 0.615. The molecule has 1 saturated carbocycles. The van der Waals surface area contributed by atoms with E-state index < -0.39 is 0 Å². The van der Waals surface area contributed by atoms with Gasteiger partial charge in [0.1, 0.15) is 5.82 Å². The molecule has 3 aromatic heterocycles. The number of aromatic nitrogens is 5. The summed E-state index contributed by atoms with van der Waals surface area (Å²) in [6, 6.07) is 4.61. The monoisotopic (exact) mass is 491 g/mol. The number of fused-ring (bicyclic) bond motifs is 1. The van der Waals surface area contributed by atoms with Gasteiger partial charge in [0.05, 0.1) is 18.2 Å². The van der Waals surface area contributed by atoms with Gasteiger partial charge in [0.15, 0.2) is 17.0 Å². The summed E-state index contributed by atoms with van der Waals surface area (Å²) in [6.07, 6.45) is 10.2. The molecule has 3 aliphatic rings. The van der Waals surface area contributed by atoms with E-state index in [0.717, 1.165) is 68.0 Å². The third-order valence-electron chi connectivity index (χ3n) is 7.96. The SMILES string of the molecule is CCN1CC2(C1)CN(c1ccc(Nc3nc(NCCCCO)nc4c3ncn4C3CCCC3)cn1)C2. The minimum absolute atomic E-state index is 0.196. The third-order valence-corrected chi connectivity index (χ3v) is 7.96. The Morgan fingerprint density at radius 3 is 2.61 bits per heavy atom. The second-order valence-corrected chi connectivity index (χ2v) is 10.7. The number of likely N-dealkylation sites (tertiary alicyclic amines) is 1. The highest BCUT2D eigenvalue weighted by Crippen LogP contribution is 2.41. The first kappa shape index (κ1) is 23.4. The van der Waals surface area contributed by atoms with Crippen LogP contribution >= 0.6 is 0 Å². The number of pyridine rings is 1. The van der Waals surface area contributed by atoms with E-state index in [-0.39, 0.29) is 6.61 Å². The van der Waals surface area contributed by atoms with Crippen molar-refractivity contribution in [3.05, 3.63) is 24.7 Å². The number of rotatable bonds is 10. The summed E-state index contributed by atoms with van der Waals surface area (Å²) >= 11 is 0. The molecule has 36 heavy (non-hydrogen) atoms. The summed E-state index contributed by atoms with van der Waals surface area (Å²) in [5.41, 5.74) is 3.01. The number of hydrogen-bond donors (Lipinski definition) is 3. The van der Waals surface area contributed by atoms with E-state index in [2.05, 4.69) is 44.1 Å². The van der Waals surface area contributed by atoms with Crippen molar-refractivity contribution in [2.75, 3.05) is 61.4 Å². The average molecular weight is 492 g/mol. The Kier molecular flexibility index (Phi) is 6.39. The molecule has 0 radical (unpaired) electrons. The number of anilines is 4. The Morgan fingerprint density at radius 2 is 1.89 bits per heavy atom. The van der Waals surface area contributed by atoms with Crippen LogP contribution < -0.4 is 15.5 Å². The molecular formula is C26H37N9O. The minimum Gasteiger partial charge on any atom is -0.396 e. The van der Waals surface area contributed by atoms with Crippen LogP contribution in [0.2, 0.25) is 0 Å². The predicted octanol–water partition coefficient (Wildman–Crippen LogP) is 3.41. The molecule has 2 saturated heterocycles. The smallest absolute Gasteiger partial charge is 0.226 e. The summed E-state index contributed by atoms with van der Waals surface area (Å²) < 4.78 is 2.22. The van der Waals surface area contributed by atoms with E-state index >= 15 is 0 Å². The fourth-order valence-electron chi connectivity index (χ4n) is 6.00. The molecule has 192 valence electrons. The molecule has 1 aliphatic carbocycles. The maximum Gasteiger partial charge on any atom is 0.226 e. The van der Waals surface area contributed by atoms with Gasteiger partial charge in [-0.15, -0.1) is 0 Å². The molecular weight excluding hydrogens is 454 g/mol. The Bertz CT molecular complexity index is 1170. The first-order valence-corrected chi connectivity index (χ1v) is 13.5. The molecule has 2 aliphatic heterocycles. The standard InChI is InChI=1S/C26H37N9O/c1-2-33-14-26(15-33)16-34(17-26)21-10-9-19(13-28-21)30-23-22-24(32-25(31-23)27-11-5-6-12-36)35(18-29-22)20-7-3-4-8-20/h9-10,13,18,20,36H,2-8,11-12,14-17H2,1H3,(H2,27,30,31,32). The summed E-state index contributed by atoms with van der Waals surface area (Å²) in [4.78, 5) is 23.9. The maximum absolute atomic E-state index is 9.09. The van der Waals surface area contributed by atoms with E-state index in [1.165, 1.54) is 25.9 Å². The number of imidazole rings is 1. The molecule has 0 bridgehead atoms. The van der Waals surface area contributed by atoms with E-state index in [0.29, 0.717) is 29.8 Å². The molecule has 0 amide bonds. The lowest BCUT2D eigenvalue weighted by atomic mass is 9.73. The average Bonchev–Trinajstić information content (AvgIpc) is 3.51. The van der Waals surface area contributed by atoms with Crippen LogP contribution in [0.25, 0.3) is 11.2 Å². The van der Waals surface area contributed by atoms with Crippen molar-refractivity contribution in [1.29, 1.82) is 0 Å². The molecule has 3 fully saturated rings. The van der Waals surface area contributed by atoms with Crippen molar-refractivity contribution in [3.8, 4) is 0 Å². The number of hydrogen-bond acceptors (Lipinski definition) is 9. The van der Waals surface area contributed by atoms with Crippen LogP contribution in [0.5, 0.6) is 0 Å². The Hall–Kier alpha value is -2.98. The van der Waals surface area contributed by atoms with Gasteiger partial charge < -0.3 is 30.1 Å². The van der Waals surface area contributed by atoms with Gasteiger partial charge in [0.25, 0.3) is 0 Å². The number of nitrogens with one attached hydrogen (secondary N) is 2. The summed E-state index contributed by atoms with van der Waals surface area (Å²) in [5.74, 6) is 2.30. The molecule has 6 rings (SSSR count). The summed E-state index contributed by atoms with van der Waals surface area (Å²) in [5, 5.41) is 15.9. The molecule has 1 spiro atoms. The lowest BCUT2D eigenvalue weighted by Crippen LogP contribution is -2.72. The fourth-order valence-corrected chi connectivity index (χ4v) is 6.00. The van der Waals surface area contributed by atoms with E-state index in [1.54, 1.807) is 0 Å². The van der Waals surface area contributed by atoms with Gasteiger partial charge in [-0.05, 0) is 44.4 Å². The molecule has 5 heterocycles. The molecule has 3 N–H and O–H groups in total. The van der Waals surface area contributed by atoms with Crippen LogP contribution in [0.3, 0.4) is 0 Å². The van der Waals surface area contributed by atoms with Gasteiger partial charge in [-0.1, -0.05) is 19.8 Å². The van der Waals surface area contributed by atoms with Gasteiger partial charge in [0, 0.05) is 50.8 Å². The van der Waals surface area contributed by atoms with Gasteiger partial charge in [-0.25, -0.2) is 9.97 Å². The van der Waals surface area contributed by atoms with Crippen molar-refractivity contribution >= 4 is 34.4 Å². The maximum atomic E-state index is 9.09. The molecule has 10 heteroatoms. The highest BCUT2D eigenvalue weighted by molar-refractivity contribution is 5.86. The van der Waals surface area contributed by atoms with Crippen LogP contribution in [0.15, 0.2) is 24.7 Å². The van der Waals surface area contributed by atoms with Crippen LogP contribution in [0.4, 0.5) is 23.3 Å². The second kappa shape index (κ2) is 9.82. The van der Waals surface area contributed by atoms with E-state index in [1.807, 2.05) is 12.5 Å². The number of unbranched alkanes of at least 4 members (excludes halogenated alkanes) is 1. The topological polar surface area (TPSA) is 107 Å². The van der Waals surface area contributed by atoms with Gasteiger partial charge >= 0.3 is 0 Å². The van der Waals surface area contributed by atoms with Crippen LogP contribution in [0, 0.1) is 5.41 Å². The predicted molar refractivity (Wildman–Crippen MR) is 142 cm³/mol. The van der Waals surface area contributed by atoms with Crippen molar-refractivity contribution in [2.24, 2.45) is 5.41 Å². The molecule has 3 aromatic rings. The van der Waals surface area contributed by atoms with Crippen LogP contribution in [-0.4, -0.2) is 80.4 Å². The second-order valence-electron chi connectivity index (χ2n) is 10.7. The van der Waals surface area contributed by atoms with Gasteiger partial charge in [0.2, 0.25) is 5.95 Å². The molecule has 0 unspecified atom stereocenters. The quantitative estimate of drug-likeness (QED) is 0.368. The van der Waals surface area contributed by atoms with Crippen molar-refractivity contribution in [1.82, 2.24) is 29.4 Å². The lowest BCUT2D eigenvalue weighted by Gasteiger charge is -2.60. The number of aliphatic hydroxyl groups excluding tert-OH is 1. The summed E-state index contributed by atoms with van der Waals surface area (Å²) in [6.45, 7) is 8.92. The number of aliphatic hydroxyl groups is 1. The highest BCUT2D eigenvalue weighted by atomic mass is 16.2. The van der Waals surface area contributed by atoms with Crippen LogP contribution in [-0.2, 0) is 0 Å². The molecule has 0 atom stereocenters. The normalized spacial score (nSPS) is 19.6. The van der Waals surface area contributed by atoms with Crippen LogP contribution in [0.1, 0.15) is 51.5 Å². The molecule has 0 aromatic carbocycles. The Balaban J connectivity index is 1.19. The zero-order valence-corrected chi connectivity index (χ0v) is 21.2. The third kappa shape index (κ3) is 4.48. The minimum atomic E-state index is 0.196. The Morgan fingerprint density at radius 1 is 1.06 bits per heavy atom. The Labute approximate surface area is 212 Å². The molecule has 10 nitrogen and oxygen atoms in total. The van der Waals surface area contributed by atoms with Gasteiger partial charge in [-0.2, -0.15) is 9.97 Å². The zero-order chi connectivity index (χ0) is 24.5.